The lowest BCUT2D eigenvalue weighted by atomic mass is 10.1. The topological polar surface area (TPSA) is 76.1 Å². The van der Waals surface area contributed by atoms with Gasteiger partial charge in [0.25, 0.3) is 0 Å². The van der Waals surface area contributed by atoms with Gasteiger partial charge in [-0.2, -0.15) is 0 Å². The number of hydrogen-bond acceptors (Lipinski definition) is 4. The number of rotatable bonds is 8. The fourth-order valence-corrected chi connectivity index (χ4v) is 2.61. The second-order valence-electron chi connectivity index (χ2n) is 5.64. The quantitative estimate of drug-likeness (QED) is 0.765. The first kappa shape index (κ1) is 19.6. The summed E-state index contributed by atoms with van der Waals surface area (Å²) in [6, 6.07) is 12.1. The summed E-state index contributed by atoms with van der Waals surface area (Å²) in [4.78, 5) is 25.1. The molecule has 0 atom stereocenters. The molecule has 0 saturated heterocycles. The van der Waals surface area contributed by atoms with Crippen molar-refractivity contribution in [3.63, 3.8) is 0 Å². The minimum absolute atomic E-state index is 0.0568. The summed E-state index contributed by atoms with van der Waals surface area (Å²) in [6.07, 6.45) is 0.0568. The fraction of sp³-hybridized carbons (Fsp3) is 0.263. The van der Waals surface area contributed by atoms with Crippen molar-refractivity contribution in [3.8, 4) is 11.5 Å². The first-order chi connectivity index (χ1) is 12.4. The predicted octanol–water partition coefficient (Wildman–Crippen LogP) is 3.01. The zero-order valence-electron chi connectivity index (χ0n) is 14.6. The molecule has 7 heteroatoms. The minimum Gasteiger partial charge on any atom is -0.493 e. The van der Waals surface area contributed by atoms with Crippen LogP contribution in [0.15, 0.2) is 42.5 Å². The zero-order valence-corrected chi connectivity index (χ0v) is 15.3. The highest BCUT2D eigenvalue weighted by Gasteiger charge is 2.18. The Morgan fingerprint density at radius 2 is 1.62 bits per heavy atom. The van der Waals surface area contributed by atoms with Gasteiger partial charge in [0.15, 0.2) is 11.5 Å². The number of amides is 1. The summed E-state index contributed by atoms with van der Waals surface area (Å²) in [5.74, 6) is -0.290. The van der Waals surface area contributed by atoms with Crippen LogP contribution in [0.3, 0.4) is 0 Å². The maximum atomic E-state index is 12.6. The molecule has 2 rings (SSSR count). The van der Waals surface area contributed by atoms with E-state index in [1.807, 2.05) is 0 Å². The third-order valence-electron chi connectivity index (χ3n) is 3.77. The van der Waals surface area contributed by atoms with Crippen molar-refractivity contribution in [2.24, 2.45) is 0 Å². The Kier molecular flexibility index (Phi) is 6.86. The third-order valence-corrected chi connectivity index (χ3v) is 4.02. The average molecular weight is 378 g/mol. The SMILES string of the molecule is COc1ccc(CC(=O)N(CC(=O)O)Cc2ccc(Cl)cc2)cc1OC. The Morgan fingerprint density at radius 1 is 1.00 bits per heavy atom. The molecule has 0 heterocycles. The van der Waals surface area contributed by atoms with Crippen LogP contribution in [0.4, 0.5) is 0 Å². The number of carboxylic acid groups (broad SMARTS) is 1. The summed E-state index contributed by atoms with van der Waals surface area (Å²) in [6.45, 7) is -0.190. The number of hydrogen-bond donors (Lipinski definition) is 1. The van der Waals surface area contributed by atoms with Gasteiger partial charge in [0.05, 0.1) is 20.6 Å². The highest BCUT2D eigenvalue weighted by Crippen LogP contribution is 2.28. The summed E-state index contributed by atoms with van der Waals surface area (Å²) in [5, 5.41) is 9.70. The van der Waals surface area contributed by atoms with E-state index in [0.29, 0.717) is 22.1 Å². The van der Waals surface area contributed by atoms with Crippen LogP contribution in [-0.4, -0.2) is 42.6 Å². The van der Waals surface area contributed by atoms with Gasteiger partial charge in [-0.15, -0.1) is 0 Å². The van der Waals surface area contributed by atoms with E-state index < -0.39 is 5.97 Å². The van der Waals surface area contributed by atoms with E-state index in [0.717, 1.165) is 5.56 Å². The van der Waals surface area contributed by atoms with Crippen molar-refractivity contribution >= 4 is 23.5 Å². The molecule has 1 amide bonds. The molecule has 0 saturated carbocycles. The first-order valence-electron chi connectivity index (χ1n) is 7.88. The minimum atomic E-state index is -1.07. The number of carbonyl (C=O) groups excluding carboxylic acids is 1. The van der Waals surface area contributed by atoms with E-state index in [2.05, 4.69) is 0 Å². The molecule has 1 N–H and O–H groups in total. The first-order valence-corrected chi connectivity index (χ1v) is 8.25. The van der Waals surface area contributed by atoms with Gasteiger partial charge in [0, 0.05) is 11.6 Å². The van der Waals surface area contributed by atoms with Gasteiger partial charge in [0.1, 0.15) is 6.54 Å². The van der Waals surface area contributed by atoms with Gasteiger partial charge in [-0.1, -0.05) is 29.8 Å². The third kappa shape index (κ3) is 5.39. The highest BCUT2D eigenvalue weighted by molar-refractivity contribution is 6.30. The van der Waals surface area contributed by atoms with Crippen LogP contribution in [0.5, 0.6) is 11.5 Å². The van der Waals surface area contributed by atoms with Gasteiger partial charge < -0.3 is 19.5 Å². The summed E-state index contributed by atoms with van der Waals surface area (Å²) < 4.78 is 10.4. The van der Waals surface area contributed by atoms with E-state index in [1.54, 1.807) is 42.5 Å². The van der Waals surface area contributed by atoms with E-state index in [4.69, 9.17) is 26.2 Å². The van der Waals surface area contributed by atoms with Crippen LogP contribution in [0.1, 0.15) is 11.1 Å². The Morgan fingerprint density at radius 3 is 2.19 bits per heavy atom. The smallest absolute Gasteiger partial charge is 0.323 e. The Labute approximate surface area is 156 Å². The molecule has 0 spiro atoms. The van der Waals surface area contributed by atoms with Crippen LogP contribution < -0.4 is 9.47 Å². The fourth-order valence-electron chi connectivity index (χ4n) is 2.48. The molecule has 0 unspecified atom stereocenters. The van der Waals surface area contributed by atoms with Crippen molar-refractivity contribution in [1.29, 1.82) is 0 Å². The van der Waals surface area contributed by atoms with Crippen molar-refractivity contribution in [2.75, 3.05) is 20.8 Å². The molecule has 0 aromatic heterocycles. The van der Waals surface area contributed by atoms with E-state index in [-0.39, 0.29) is 25.4 Å². The number of halogens is 1. The number of aliphatic carboxylic acids is 1. The summed E-state index contributed by atoms with van der Waals surface area (Å²) in [7, 11) is 3.05. The van der Waals surface area contributed by atoms with Crippen molar-refractivity contribution < 1.29 is 24.2 Å². The highest BCUT2D eigenvalue weighted by atomic mass is 35.5. The molecule has 0 fully saturated rings. The number of methoxy groups -OCH3 is 2. The maximum absolute atomic E-state index is 12.6. The van der Waals surface area contributed by atoms with Gasteiger partial charge >= 0.3 is 5.97 Å². The van der Waals surface area contributed by atoms with Crippen LogP contribution in [0.25, 0.3) is 0 Å². The molecular formula is C19H20ClNO5. The monoisotopic (exact) mass is 377 g/mol. The van der Waals surface area contributed by atoms with Crippen LogP contribution in [-0.2, 0) is 22.6 Å². The standard InChI is InChI=1S/C19H20ClNO5/c1-25-16-8-5-14(9-17(16)26-2)10-18(22)21(12-19(23)24)11-13-3-6-15(20)7-4-13/h3-9H,10-12H2,1-2H3,(H,23,24). The second-order valence-corrected chi connectivity index (χ2v) is 6.07. The van der Waals surface area contributed by atoms with Gasteiger partial charge in [0.2, 0.25) is 5.91 Å². The van der Waals surface area contributed by atoms with Gasteiger partial charge in [-0.3, -0.25) is 9.59 Å². The summed E-state index contributed by atoms with van der Waals surface area (Å²) >= 11 is 5.86. The lowest BCUT2D eigenvalue weighted by Gasteiger charge is -2.21. The molecule has 0 aliphatic heterocycles. The average Bonchev–Trinajstić information content (AvgIpc) is 2.62. The molecular weight excluding hydrogens is 358 g/mol. The molecule has 0 radical (unpaired) electrons. The van der Waals surface area contributed by atoms with E-state index in [1.165, 1.54) is 19.1 Å². The van der Waals surface area contributed by atoms with E-state index in [9.17, 15) is 9.59 Å². The maximum Gasteiger partial charge on any atom is 0.323 e. The van der Waals surface area contributed by atoms with Crippen molar-refractivity contribution in [1.82, 2.24) is 4.90 Å². The molecule has 0 aliphatic carbocycles. The lowest BCUT2D eigenvalue weighted by Crippen LogP contribution is -2.36. The summed E-state index contributed by atoms with van der Waals surface area (Å²) in [5.41, 5.74) is 1.51. The predicted molar refractivity (Wildman–Crippen MR) is 97.8 cm³/mol. The van der Waals surface area contributed by atoms with Crippen molar-refractivity contribution in [2.45, 2.75) is 13.0 Å². The van der Waals surface area contributed by atoms with Gasteiger partial charge in [-0.05, 0) is 35.4 Å². The molecule has 6 nitrogen and oxygen atoms in total. The lowest BCUT2D eigenvalue weighted by molar-refractivity contribution is -0.144. The number of carbonyl (C=O) groups is 2. The van der Waals surface area contributed by atoms with E-state index >= 15 is 0 Å². The molecule has 0 bridgehead atoms. The van der Waals surface area contributed by atoms with Gasteiger partial charge in [-0.25, -0.2) is 0 Å². The normalized spacial score (nSPS) is 10.3. The van der Waals surface area contributed by atoms with Crippen LogP contribution >= 0.6 is 11.6 Å². The number of nitrogens with zero attached hydrogens (tertiary/aromatic N) is 1. The molecule has 2 aromatic rings. The Balaban J connectivity index is 2.15. The zero-order chi connectivity index (χ0) is 19.1. The molecule has 2 aromatic carbocycles. The molecule has 26 heavy (non-hydrogen) atoms. The molecule has 0 aliphatic rings. The van der Waals surface area contributed by atoms with Crippen LogP contribution in [0.2, 0.25) is 5.02 Å². The largest absolute Gasteiger partial charge is 0.493 e. The Bertz CT molecular complexity index is 776. The number of carboxylic acids is 1. The van der Waals surface area contributed by atoms with Crippen LogP contribution in [0, 0.1) is 0 Å². The Hall–Kier alpha value is -2.73. The van der Waals surface area contributed by atoms with Crippen molar-refractivity contribution in [3.05, 3.63) is 58.6 Å². The second kappa shape index (κ2) is 9.10. The number of ether oxygens (including phenoxy) is 2. The number of benzene rings is 2. The molecule has 138 valence electrons.